The Morgan fingerprint density at radius 1 is 1.00 bits per heavy atom. The van der Waals surface area contributed by atoms with E-state index in [9.17, 15) is 0 Å². The monoisotopic (exact) mass is 243 g/mol. The molecular formula is C16H21NO. The van der Waals surface area contributed by atoms with E-state index in [2.05, 4.69) is 48.6 Å². The smallest absolute Gasteiger partial charge is 0.0590 e. The van der Waals surface area contributed by atoms with Gasteiger partial charge < -0.3 is 10.1 Å². The molecule has 2 nitrogen and oxygen atoms in total. The summed E-state index contributed by atoms with van der Waals surface area (Å²) in [4.78, 5) is 0. The van der Waals surface area contributed by atoms with Gasteiger partial charge in [0.2, 0.25) is 0 Å². The first kappa shape index (κ1) is 13.1. The van der Waals surface area contributed by atoms with E-state index in [1.807, 2.05) is 7.05 Å². The molecule has 0 aromatic heterocycles. The minimum Gasteiger partial charge on any atom is -0.380 e. The van der Waals surface area contributed by atoms with Crippen molar-refractivity contribution in [3.05, 3.63) is 47.5 Å². The quantitative estimate of drug-likeness (QED) is 0.788. The lowest BCUT2D eigenvalue weighted by Gasteiger charge is -2.09. The predicted molar refractivity (Wildman–Crippen MR) is 77.1 cm³/mol. The maximum atomic E-state index is 5.59. The Kier molecular flexibility index (Phi) is 4.73. The van der Waals surface area contributed by atoms with E-state index >= 15 is 0 Å². The molecule has 0 heterocycles. The number of likely N-dealkylation sites (N-methyl/N-ethyl adjacent to an activating group) is 1. The van der Waals surface area contributed by atoms with Crippen molar-refractivity contribution < 1.29 is 4.74 Å². The molecule has 2 aromatic carbocycles. The summed E-state index contributed by atoms with van der Waals surface area (Å²) in [5, 5.41) is 5.79. The van der Waals surface area contributed by atoms with E-state index in [0.29, 0.717) is 0 Å². The Hall–Kier alpha value is -1.38. The van der Waals surface area contributed by atoms with Crippen LogP contribution in [0.5, 0.6) is 0 Å². The fraction of sp³-hybridized carbons (Fsp3) is 0.375. The van der Waals surface area contributed by atoms with Crippen LogP contribution in [-0.4, -0.2) is 26.8 Å². The minimum atomic E-state index is 0.778. The Balaban J connectivity index is 2.07. The molecule has 0 radical (unpaired) electrons. The lowest BCUT2D eigenvalue weighted by molar-refractivity contribution is 0.140. The highest BCUT2D eigenvalue weighted by molar-refractivity contribution is 5.88. The number of ether oxygens (including phenoxy) is 1. The van der Waals surface area contributed by atoms with E-state index in [1.54, 1.807) is 0 Å². The molecule has 1 N–H and O–H groups in total. The van der Waals surface area contributed by atoms with Crippen molar-refractivity contribution in [2.45, 2.75) is 13.3 Å². The maximum Gasteiger partial charge on any atom is 0.0590 e. The van der Waals surface area contributed by atoms with Crippen molar-refractivity contribution in [2.24, 2.45) is 0 Å². The number of hydrogen-bond donors (Lipinski definition) is 1. The average molecular weight is 243 g/mol. The Morgan fingerprint density at radius 2 is 1.78 bits per heavy atom. The van der Waals surface area contributed by atoms with Gasteiger partial charge in [0.1, 0.15) is 0 Å². The van der Waals surface area contributed by atoms with Gasteiger partial charge in [0, 0.05) is 6.54 Å². The van der Waals surface area contributed by atoms with Gasteiger partial charge in [-0.2, -0.15) is 0 Å². The van der Waals surface area contributed by atoms with Crippen LogP contribution in [0.2, 0.25) is 0 Å². The topological polar surface area (TPSA) is 21.3 Å². The molecule has 0 spiro atoms. The Morgan fingerprint density at radius 3 is 2.56 bits per heavy atom. The van der Waals surface area contributed by atoms with Gasteiger partial charge in [-0.3, -0.25) is 0 Å². The highest BCUT2D eigenvalue weighted by Crippen LogP contribution is 2.22. The molecule has 0 bridgehead atoms. The third kappa shape index (κ3) is 3.09. The molecule has 0 saturated heterocycles. The molecule has 0 amide bonds. The van der Waals surface area contributed by atoms with Crippen molar-refractivity contribution in [1.82, 2.24) is 5.32 Å². The number of benzene rings is 2. The van der Waals surface area contributed by atoms with Gasteiger partial charge in [-0.05, 0) is 42.3 Å². The lowest BCUT2D eigenvalue weighted by Crippen LogP contribution is -2.15. The molecule has 2 rings (SSSR count). The van der Waals surface area contributed by atoms with E-state index in [1.165, 1.54) is 21.9 Å². The number of hydrogen-bond acceptors (Lipinski definition) is 2. The van der Waals surface area contributed by atoms with Crippen LogP contribution >= 0.6 is 0 Å². The molecular weight excluding hydrogens is 222 g/mol. The van der Waals surface area contributed by atoms with Gasteiger partial charge in [0.25, 0.3) is 0 Å². The van der Waals surface area contributed by atoms with Crippen molar-refractivity contribution in [3.8, 4) is 0 Å². The third-order valence-corrected chi connectivity index (χ3v) is 3.24. The van der Waals surface area contributed by atoms with Crippen molar-refractivity contribution in [1.29, 1.82) is 0 Å². The average Bonchev–Trinajstić information content (AvgIpc) is 2.41. The first-order chi connectivity index (χ1) is 8.83. The first-order valence-corrected chi connectivity index (χ1v) is 6.52. The molecule has 0 aliphatic carbocycles. The zero-order valence-electron chi connectivity index (χ0n) is 11.2. The van der Waals surface area contributed by atoms with Gasteiger partial charge in [0.15, 0.2) is 0 Å². The second-order valence-electron chi connectivity index (χ2n) is 4.55. The third-order valence-electron chi connectivity index (χ3n) is 3.24. The lowest BCUT2D eigenvalue weighted by atomic mass is 9.99. The van der Waals surface area contributed by atoms with Gasteiger partial charge in [0.05, 0.1) is 13.2 Å². The van der Waals surface area contributed by atoms with Crippen LogP contribution in [0.1, 0.15) is 11.1 Å². The summed E-state index contributed by atoms with van der Waals surface area (Å²) < 4.78 is 5.59. The second-order valence-corrected chi connectivity index (χ2v) is 4.55. The van der Waals surface area contributed by atoms with Gasteiger partial charge in [-0.1, -0.05) is 36.4 Å². The number of rotatable bonds is 6. The zero-order chi connectivity index (χ0) is 12.8. The SMILES string of the molecule is CNCCOCCc1ccc(C)c2ccccc12. The van der Waals surface area contributed by atoms with Gasteiger partial charge in [-0.15, -0.1) is 0 Å². The molecule has 96 valence electrons. The molecule has 2 heteroatoms. The highest BCUT2D eigenvalue weighted by atomic mass is 16.5. The van der Waals surface area contributed by atoms with E-state index < -0.39 is 0 Å². The minimum absolute atomic E-state index is 0.778. The number of aryl methyl sites for hydroxylation is 1. The summed E-state index contributed by atoms with van der Waals surface area (Å²) in [6, 6.07) is 13.0. The zero-order valence-corrected chi connectivity index (χ0v) is 11.2. The number of nitrogens with one attached hydrogen (secondary N) is 1. The van der Waals surface area contributed by atoms with Crippen LogP contribution in [0.15, 0.2) is 36.4 Å². The van der Waals surface area contributed by atoms with Crippen LogP contribution in [0.3, 0.4) is 0 Å². The van der Waals surface area contributed by atoms with E-state index in [4.69, 9.17) is 4.74 Å². The normalized spacial score (nSPS) is 11.0. The summed E-state index contributed by atoms with van der Waals surface area (Å²) >= 11 is 0. The van der Waals surface area contributed by atoms with Crippen molar-refractivity contribution >= 4 is 10.8 Å². The molecule has 2 aromatic rings. The Labute approximate surface area is 109 Å². The van der Waals surface area contributed by atoms with Crippen molar-refractivity contribution in [2.75, 3.05) is 26.8 Å². The van der Waals surface area contributed by atoms with Gasteiger partial charge >= 0.3 is 0 Å². The fourth-order valence-corrected chi connectivity index (χ4v) is 2.19. The number of fused-ring (bicyclic) bond motifs is 1. The van der Waals surface area contributed by atoms with E-state index in [0.717, 1.165) is 26.2 Å². The maximum absolute atomic E-state index is 5.59. The standard InChI is InChI=1S/C16H21NO/c1-13-7-8-14(9-11-18-12-10-17-2)16-6-4-3-5-15(13)16/h3-8,17H,9-12H2,1-2H3. The summed E-state index contributed by atoms with van der Waals surface area (Å²) in [7, 11) is 1.94. The molecule has 0 aliphatic rings. The van der Waals surface area contributed by atoms with Gasteiger partial charge in [-0.25, -0.2) is 0 Å². The molecule has 0 fully saturated rings. The molecule has 0 atom stereocenters. The largest absolute Gasteiger partial charge is 0.380 e. The molecule has 0 saturated carbocycles. The summed E-state index contributed by atoms with van der Waals surface area (Å²) in [5.74, 6) is 0. The summed E-state index contributed by atoms with van der Waals surface area (Å²) in [5.41, 5.74) is 2.71. The highest BCUT2D eigenvalue weighted by Gasteiger charge is 2.02. The Bertz CT molecular complexity index is 507. The van der Waals surface area contributed by atoms with Crippen LogP contribution in [0.4, 0.5) is 0 Å². The summed E-state index contributed by atoms with van der Waals surface area (Å²) in [6.07, 6.45) is 0.977. The van der Waals surface area contributed by atoms with Crippen LogP contribution in [-0.2, 0) is 11.2 Å². The second kappa shape index (κ2) is 6.53. The fourth-order valence-electron chi connectivity index (χ4n) is 2.19. The molecule has 18 heavy (non-hydrogen) atoms. The van der Waals surface area contributed by atoms with Crippen LogP contribution < -0.4 is 5.32 Å². The summed E-state index contributed by atoms with van der Waals surface area (Å²) in [6.45, 7) is 4.64. The van der Waals surface area contributed by atoms with Crippen molar-refractivity contribution in [3.63, 3.8) is 0 Å². The van der Waals surface area contributed by atoms with E-state index in [-0.39, 0.29) is 0 Å². The van der Waals surface area contributed by atoms with Crippen LogP contribution in [0, 0.1) is 6.92 Å². The molecule has 0 unspecified atom stereocenters. The molecule has 0 aliphatic heterocycles. The predicted octanol–water partition coefficient (Wildman–Crippen LogP) is 2.93. The first-order valence-electron chi connectivity index (χ1n) is 6.52. The van der Waals surface area contributed by atoms with Crippen LogP contribution in [0.25, 0.3) is 10.8 Å².